The van der Waals surface area contributed by atoms with E-state index >= 15 is 0 Å². The van der Waals surface area contributed by atoms with Crippen molar-refractivity contribution in [2.75, 3.05) is 6.61 Å². The van der Waals surface area contributed by atoms with Crippen molar-refractivity contribution in [2.45, 2.75) is 6.92 Å². The predicted molar refractivity (Wildman–Crippen MR) is 54.8 cm³/mol. The van der Waals surface area contributed by atoms with Crippen LogP contribution in [0.1, 0.15) is 12.5 Å². The zero-order chi connectivity index (χ0) is 10.7. The Bertz CT molecular complexity index is 412. The summed E-state index contributed by atoms with van der Waals surface area (Å²) >= 11 is 0. The molecule has 0 aliphatic carbocycles. The van der Waals surface area contributed by atoms with Crippen molar-refractivity contribution in [3.8, 4) is 5.75 Å². The Labute approximate surface area is 87.5 Å². The summed E-state index contributed by atoms with van der Waals surface area (Å²) in [4.78, 5) is 16.6. The standard InChI is InChI=1S/C11H11NO3/c1-2-14-11(13)9-7-8-5-3-4-6-10(8)15-12-9/h3-7,12H,2H2,1H3. The Morgan fingerprint density at radius 3 is 3.07 bits per heavy atom. The summed E-state index contributed by atoms with van der Waals surface area (Å²) in [7, 11) is 0. The third-order valence-electron chi connectivity index (χ3n) is 1.99. The third-order valence-corrected chi connectivity index (χ3v) is 1.99. The molecule has 0 amide bonds. The van der Waals surface area contributed by atoms with E-state index in [0.29, 0.717) is 18.1 Å². The van der Waals surface area contributed by atoms with Crippen molar-refractivity contribution in [2.24, 2.45) is 0 Å². The van der Waals surface area contributed by atoms with Crippen LogP contribution in [-0.2, 0) is 9.53 Å². The molecule has 0 unspecified atom stereocenters. The number of benzene rings is 1. The quantitative estimate of drug-likeness (QED) is 0.743. The zero-order valence-electron chi connectivity index (χ0n) is 8.32. The van der Waals surface area contributed by atoms with Crippen molar-refractivity contribution in [1.82, 2.24) is 5.48 Å². The molecule has 1 N–H and O–H groups in total. The van der Waals surface area contributed by atoms with Crippen LogP contribution in [0.2, 0.25) is 0 Å². The molecule has 0 radical (unpaired) electrons. The maximum atomic E-state index is 11.4. The van der Waals surface area contributed by atoms with Crippen molar-refractivity contribution >= 4 is 12.0 Å². The molecule has 0 aromatic heterocycles. The number of carbonyl (C=O) groups excluding carboxylic acids is 1. The van der Waals surface area contributed by atoms with Crippen LogP contribution in [0.5, 0.6) is 5.75 Å². The summed E-state index contributed by atoms with van der Waals surface area (Å²) in [6.07, 6.45) is 1.71. The van der Waals surface area contributed by atoms with E-state index in [1.54, 1.807) is 13.0 Å². The van der Waals surface area contributed by atoms with E-state index in [2.05, 4.69) is 5.48 Å². The third kappa shape index (κ3) is 1.93. The second-order valence-electron chi connectivity index (χ2n) is 3.02. The van der Waals surface area contributed by atoms with Gasteiger partial charge in [0, 0.05) is 5.56 Å². The number of ether oxygens (including phenoxy) is 1. The molecule has 1 aliphatic rings. The number of nitrogens with one attached hydrogen (secondary N) is 1. The Balaban J connectivity index is 2.25. The fourth-order valence-corrected chi connectivity index (χ4v) is 1.30. The zero-order valence-corrected chi connectivity index (χ0v) is 8.32. The first-order valence-electron chi connectivity index (χ1n) is 4.72. The van der Waals surface area contributed by atoms with Crippen LogP contribution in [0, 0.1) is 0 Å². The number of esters is 1. The lowest BCUT2D eigenvalue weighted by Crippen LogP contribution is -2.28. The molecular formula is C11H11NO3. The molecular weight excluding hydrogens is 194 g/mol. The summed E-state index contributed by atoms with van der Waals surface area (Å²) in [5.41, 5.74) is 3.72. The van der Waals surface area contributed by atoms with Crippen molar-refractivity contribution in [3.05, 3.63) is 35.5 Å². The molecule has 4 heteroatoms. The van der Waals surface area contributed by atoms with E-state index in [-0.39, 0.29) is 0 Å². The van der Waals surface area contributed by atoms with Gasteiger partial charge < -0.3 is 9.57 Å². The maximum Gasteiger partial charge on any atom is 0.357 e. The van der Waals surface area contributed by atoms with Crippen LogP contribution in [-0.4, -0.2) is 12.6 Å². The normalized spacial score (nSPS) is 13.0. The predicted octanol–water partition coefficient (Wildman–Crippen LogP) is 1.49. The van der Waals surface area contributed by atoms with E-state index in [4.69, 9.17) is 9.57 Å². The molecule has 1 aromatic rings. The largest absolute Gasteiger partial charge is 0.461 e. The van der Waals surface area contributed by atoms with E-state index in [1.165, 1.54) is 0 Å². The van der Waals surface area contributed by atoms with Gasteiger partial charge in [-0.1, -0.05) is 18.2 Å². The van der Waals surface area contributed by atoms with Crippen LogP contribution >= 0.6 is 0 Å². The van der Waals surface area contributed by atoms with E-state index in [1.807, 2.05) is 24.3 Å². The van der Waals surface area contributed by atoms with Gasteiger partial charge in [0.2, 0.25) is 0 Å². The van der Waals surface area contributed by atoms with Gasteiger partial charge in [0.1, 0.15) is 0 Å². The van der Waals surface area contributed by atoms with E-state index in [0.717, 1.165) is 5.56 Å². The molecule has 0 saturated heterocycles. The van der Waals surface area contributed by atoms with Crippen molar-refractivity contribution < 1.29 is 14.4 Å². The summed E-state index contributed by atoms with van der Waals surface area (Å²) in [5.74, 6) is 0.289. The summed E-state index contributed by atoms with van der Waals surface area (Å²) < 4.78 is 4.85. The smallest absolute Gasteiger partial charge is 0.357 e. The molecule has 4 nitrogen and oxygen atoms in total. The van der Waals surface area contributed by atoms with Gasteiger partial charge in [0.25, 0.3) is 0 Å². The van der Waals surface area contributed by atoms with E-state index in [9.17, 15) is 4.79 Å². The minimum atomic E-state index is -0.410. The molecule has 1 aliphatic heterocycles. The molecule has 1 aromatic carbocycles. The number of fused-ring (bicyclic) bond motifs is 1. The summed E-state index contributed by atoms with van der Waals surface area (Å²) in [6, 6.07) is 7.44. The SMILES string of the molecule is CCOC(=O)C1=Cc2ccccc2ON1. The van der Waals surface area contributed by atoms with Gasteiger partial charge in [0.05, 0.1) is 6.61 Å². The van der Waals surface area contributed by atoms with Crippen molar-refractivity contribution in [1.29, 1.82) is 0 Å². The lowest BCUT2D eigenvalue weighted by atomic mass is 10.1. The van der Waals surface area contributed by atoms with Gasteiger partial charge in [-0.2, -0.15) is 0 Å². The Morgan fingerprint density at radius 1 is 1.47 bits per heavy atom. The lowest BCUT2D eigenvalue weighted by molar-refractivity contribution is -0.139. The lowest BCUT2D eigenvalue weighted by Gasteiger charge is -2.17. The first kappa shape index (κ1) is 9.58. The summed E-state index contributed by atoms with van der Waals surface area (Å²) in [6.45, 7) is 2.11. The molecule has 0 atom stereocenters. The van der Waals surface area contributed by atoms with Crippen molar-refractivity contribution in [3.63, 3.8) is 0 Å². The van der Waals surface area contributed by atoms with Gasteiger partial charge in [0.15, 0.2) is 11.4 Å². The molecule has 78 valence electrons. The van der Waals surface area contributed by atoms with Crippen LogP contribution in [0.25, 0.3) is 6.08 Å². The Morgan fingerprint density at radius 2 is 2.27 bits per heavy atom. The van der Waals surface area contributed by atoms with Gasteiger partial charge in [-0.25, -0.2) is 10.3 Å². The number of rotatable bonds is 2. The number of hydrogen-bond donors (Lipinski definition) is 1. The molecule has 2 rings (SSSR count). The number of carbonyl (C=O) groups is 1. The highest BCUT2D eigenvalue weighted by Crippen LogP contribution is 2.23. The molecule has 15 heavy (non-hydrogen) atoms. The maximum absolute atomic E-state index is 11.4. The highest BCUT2D eigenvalue weighted by Gasteiger charge is 2.17. The fraction of sp³-hybridized carbons (Fsp3) is 0.182. The van der Waals surface area contributed by atoms with Gasteiger partial charge in [-0.05, 0) is 19.1 Å². The monoisotopic (exact) mass is 205 g/mol. The van der Waals surface area contributed by atoms with Gasteiger partial charge in [-0.15, -0.1) is 0 Å². The number of hydroxylamine groups is 1. The fourth-order valence-electron chi connectivity index (χ4n) is 1.30. The summed E-state index contributed by atoms with van der Waals surface area (Å²) in [5, 5.41) is 0. The molecule has 1 heterocycles. The average molecular weight is 205 g/mol. The van der Waals surface area contributed by atoms with Crippen LogP contribution in [0.3, 0.4) is 0 Å². The van der Waals surface area contributed by atoms with Crippen LogP contribution < -0.4 is 10.3 Å². The topological polar surface area (TPSA) is 47.6 Å². The van der Waals surface area contributed by atoms with E-state index < -0.39 is 5.97 Å². The Kier molecular flexibility index (Phi) is 2.58. The highest BCUT2D eigenvalue weighted by molar-refractivity contribution is 5.93. The molecule has 0 fully saturated rings. The number of para-hydroxylation sites is 1. The minimum absolute atomic E-state index is 0.315. The highest BCUT2D eigenvalue weighted by atomic mass is 16.7. The number of hydrogen-bond acceptors (Lipinski definition) is 4. The second kappa shape index (κ2) is 4.04. The molecule has 0 spiro atoms. The first-order valence-corrected chi connectivity index (χ1v) is 4.72. The average Bonchev–Trinajstić information content (AvgIpc) is 2.29. The Hall–Kier alpha value is -1.97. The second-order valence-corrected chi connectivity index (χ2v) is 3.02. The van der Waals surface area contributed by atoms with Gasteiger partial charge in [-0.3, -0.25) is 0 Å². The molecule has 0 saturated carbocycles. The van der Waals surface area contributed by atoms with Crippen LogP contribution in [0.4, 0.5) is 0 Å². The van der Waals surface area contributed by atoms with Gasteiger partial charge >= 0.3 is 5.97 Å². The first-order chi connectivity index (χ1) is 7.31. The molecule has 0 bridgehead atoms. The minimum Gasteiger partial charge on any atom is -0.461 e. The van der Waals surface area contributed by atoms with Crippen LogP contribution in [0.15, 0.2) is 30.0 Å².